The largest absolute Gasteiger partial charge is 0.451 e. The van der Waals surface area contributed by atoms with E-state index < -0.39 is 50.7 Å². The molecule has 10 nitrogen and oxygen atoms in total. The maximum atomic E-state index is 13.7. The number of halogens is 3. The molecule has 0 radical (unpaired) electrons. The molecule has 2 aliphatic rings. The molecule has 2 atom stereocenters. The average Bonchev–Trinajstić information content (AvgIpc) is 3.08. The Morgan fingerprint density at radius 3 is 2.29 bits per heavy atom. The predicted molar refractivity (Wildman–Crippen MR) is 171 cm³/mol. The molecule has 0 unspecified atom stereocenters. The van der Waals surface area contributed by atoms with Crippen LogP contribution in [0.25, 0.3) is 0 Å². The first-order valence-corrected chi connectivity index (χ1v) is 17.0. The predicted octanol–water partition coefficient (Wildman–Crippen LogP) is 5.08. The maximum Gasteiger partial charge on any atom is 0.416 e. The van der Waals surface area contributed by atoms with Crippen molar-refractivity contribution in [3.63, 3.8) is 0 Å². The molecule has 2 aliphatic heterocycles. The number of benzene rings is 3. The van der Waals surface area contributed by atoms with Gasteiger partial charge in [-0.1, -0.05) is 30.3 Å². The van der Waals surface area contributed by atoms with Gasteiger partial charge < -0.3 is 19.7 Å². The van der Waals surface area contributed by atoms with Crippen LogP contribution in [0.15, 0.2) is 77.7 Å². The Morgan fingerprint density at radius 1 is 0.958 bits per heavy atom. The lowest BCUT2D eigenvalue weighted by Gasteiger charge is -2.34. The molecule has 2 heterocycles. The van der Waals surface area contributed by atoms with Crippen molar-refractivity contribution >= 4 is 39.1 Å². The van der Waals surface area contributed by atoms with Crippen molar-refractivity contribution in [2.75, 3.05) is 43.1 Å². The number of nitrogens with one attached hydrogen (secondary N) is 1. The van der Waals surface area contributed by atoms with Gasteiger partial charge in [-0.2, -0.15) is 17.5 Å². The number of alkyl halides is 3. The van der Waals surface area contributed by atoms with Gasteiger partial charge in [0.1, 0.15) is 6.04 Å². The summed E-state index contributed by atoms with van der Waals surface area (Å²) in [6.07, 6.45) is -5.35. The molecule has 3 aromatic carbocycles. The fraction of sp³-hybridized carbons (Fsp3) is 0.382. The number of piperidine rings is 1. The van der Waals surface area contributed by atoms with Crippen LogP contribution in [0.4, 0.5) is 24.5 Å². The molecule has 0 spiro atoms. The van der Waals surface area contributed by atoms with E-state index in [2.05, 4.69) is 10.2 Å². The minimum atomic E-state index is -4.77. The second-order valence-corrected chi connectivity index (χ2v) is 13.6. The van der Waals surface area contributed by atoms with Crippen LogP contribution in [0.1, 0.15) is 47.7 Å². The lowest BCUT2D eigenvalue weighted by molar-refractivity contribution is -0.158. The third-order valence-electron chi connectivity index (χ3n) is 8.34. The highest BCUT2D eigenvalue weighted by Gasteiger charge is 2.41. The zero-order chi connectivity index (χ0) is 34.5. The van der Waals surface area contributed by atoms with E-state index in [-0.39, 0.29) is 25.2 Å². The summed E-state index contributed by atoms with van der Waals surface area (Å²) in [5, 5.41) is 2.77. The zero-order valence-electron chi connectivity index (χ0n) is 26.2. The van der Waals surface area contributed by atoms with E-state index in [1.165, 1.54) is 6.92 Å². The topological polar surface area (TPSA) is 122 Å². The van der Waals surface area contributed by atoms with Gasteiger partial charge >= 0.3 is 12.1 Å². The number of Topliss-reactive ketones (excluding diaryl/α,β-unsaturated/α-hetero) is 1. The minimum Gasteiger partial charge on any atom is -0.451 e. The molecule has 14 heteroatoms. The summed E-state index contributed by atoms with van der Waals surface area (Å²) in [6.45, 7) is 3.98. The van der Waals surface area contributed by atoms with Crippen LogP contribution in [0.5, 0.6) is 0 Å². The van der Waals surface area contributed by atoms with E-state index in [0.29, 0.717) is 48.9 Å². The van der Waals surface area contributed by atoms with Gasteiger partial charge in [0.05, 0.1) is 23.7 Å². The van der Waals surface area contributed by atoms with Crippen LogP contribution in [0.2, 0.25) is 0 Å². The number of morpholine rings is 1. The molecule has 3 aromatic rings. The normalized spacial score (nSPS) is 18.2. The maximum absolute atomic E-state index is 13.7. The Hall–Kier alpha value is -4.27. The number of nitrogens with zero attached hydrogens (tertiary/aromatic N) is 2. The van der Waals surface area contributed by atoms with Gasteiger partial charge in [0.15, 0.2) is 11.9 Å². The number of hydrogen-bond acceptors (Lipinski definition) is 8. The van der Waals surface area contributed by atoms with Crippen LogP contribution in [0.3, 0.4) is 0 Å². The summed E-state index contributed by atoms with van der Waals surface area (Å²) in [5.41, 5.74) is 1.29. The Morgan fingerprint density at radius 2 is 1.65 bits per heavy atom. The van der Waals surface area contributed by atoms with Gasteiger partial charge in [0.2, 0.25) is 10.0 Å². The van der Waals surface area contributed by atoms with Crippen molar-refractivity contribution in [1.82, 2.24) is 4.31 Å². The standard InChI is InChI=1S/C34H36F3N3O7S/c1-23(41)25-10-8-24(9-11-25)21-31(32(42)38-27-12-14-28(15-13-27)39-17-19-46-20-18-39)47-33(43)30-7-2-3-16-40(30)48(44,45)29-6-4-5-26(22-29)34(35,36)37/h4-6,8-15,22,30-31H,2-3,7,16-21H2,1H3,(H,38,42)/t30-,31-/m0/s1. The molecule has 2 fully saturated rings. The molecule has 256 valence electrons. The van der Waals surface area contributed by atoms with Crippen molar-refractivity contribution in [2.24, 2.45) is 0 Å². The highest BCUT2D eigenvalue weighted by Crippen LogP contribution is 2.33. The van der Waals surface area contributed by atoms with E-state index >= 15 is 0 Å². The van der Waals surface area contributed by atoms with Crippen molar-refractivity contribution in [3.05, 3.63) is 89.5 Å². The van der Waals surface area contributed by atoms with E-state index in [1.54, 1.807) is 36.4 Å². The number of rotatable bonds is 10. The first-order valence-electron chi connectivity index (χ1n) is 15.6. The van der Waals surface area contributed by atoms with Gasteiger partial charge in [0.25, 0.3) is 5.91 Å². The highest BCUT2D eigenvalue weighted by molar-refractivity contribution is 7.89. The van der Waals surface area contributed by atoms with Gasteiger partial charge in [-0.3, -0.25) is 14.4 Å². The summed E-state index contributed by atoms with van der Waals surface area (Å²) in [6, 6.07) is 15.6. The third kappa shape index (κ3) is 8.41. The Bertz CT molecular complexity index is 1730. The SMILES string of the molecule is CC(=O)c1ccc(C[C@H](OC(=O)[C@@H]2CCCCN2S(=O)(=O)c2cccc(C(F)(F)F)c2)C(=O)Nc2ccc(N3CCOCC3)cc2)cc1. The smallest absolute Gasteiger partial charge is 0.416 e. The fourth-order valence-electron chi connectivity index (χ4n) is 5.69. The number of hydrogen-bond donors (Lipinski definition) is 1. The van der Waals surface area contributed by atoms with Crippen molar-refractivity contribution < 1.29 is 45.4 Å². The first kappa shape index (κ1) is 35.0. The molecule has 0 bridgehead atoms. The summed E-state index contributed by atoms with van der Waals surface area (Å²) in [4.78, 5) is 40.6. The molecular formula is C34H36F3N3O7S. The van der Waals surface area contributed by atoms with Crippen molar-refractivity contribution in [2.45, 2.75) is 55.8 Å². The molecule has 0 saturated carbocycles. The zero-order valence-corrected chi connectivity index (χ0v) is 27.1. The number of amides is 1. The lowest BCUT2D eigenvalue weighted by atomic mass is 10.0. The summed E-state index contributed by atoms with van der Waals surface area (Å²) in [7, 11) is -4.54. The van der Waals surface area contributed by atoms with E-state index in [9.17, 15) is 36.0 Å². The number of ether oxygens (including phenoxy) is 2. The van der Waals surface area contributed by atoms with Gasteiger partial charge in [-0.15, -0.1) is 0 Å². The lowest BCUT2D eigenvalue weighted by Crippen LogP contribution is -2.50. The van der Waals surface area contributed by atoms with Crippen LogP contribution >= 0.6 is 0 Å². The van der Waals surface area contributed by atoms with Gasteiger partial charge in [-0.25, -0.2) is 8.42 Å². The van der Waals surface area contributed by atoms with Crippen LogP contribution in [-0.2, 0) is 41.7 Å². The van der Waals surface area contributed by atoms with Crippen molar-refractivity contribution in [1.29, 1.82) is 0 Å². The summed E-state index contributed by atoms with van der Waals surface area (Å²) >= 11 is 0. The average molecular weight is 688 g/mol. The third-order valence-corrected chi connectivity index (χ3v) is 10.2. The number of esters is 1. The van der Waals surface area contributed by atoms with E-state index in [0.717, 1.165) is 41.3 Å². The van der Waals surface area contributed by atoms with Crippen LogP contribution in [0, 0.1) is 0 Å². The molecule has 0 aliphatic carbocycles. The number of ketones is 1. The number of carbonyl (C=O) groups is 3. The first-order chi connectivity index (χ1) is 22.8. The summed E-state index contributed by atoms with van der Waals surface area (Å²) in [5.74, 6) is -1.81. The quantitative estimate of drug-likeness (QED) is 0.232. The molecule has 0 aromatic heterocycles. The van der Waals surface area contributed by atoms with E-state index in [4.69, 9.17) is 9.47 Å². The molecule has 2 saturated heterocycles. The Labute approximate surface area is 276 Å². The van der Waals surface area contributed by atoms with Crippen LogP contribution < -0.4 is 10.2 Å². The number of anilines is 2. The summed E-state index contributed by atoms with van der Waals surface area (Å²) < 4.78 is 79.3. The number of sulfonamides is 1. The minimum absolute atomic E-state index is 0.0572. The Balaban J connectivity index is 1.37. The second-order valence-electron chi connectivity index (χ2n) is 11.7. The van der Waals surface area contributed by atoms with Gasteiger partial charge in [0, 0.05) is 43.0 Å². The second kappa shape index (κ2) is 14.9. The van der Waals surface area contributed by atoms with Crippen LogP contribution in [-0.4, -0.2) is 75.4 Å². The van der Waals surface area contributed by atoms with E-state index in [1.807, 2.05) is 12.1 Å². The fourth-order valence-corrected chi connectivity index (χ4v) is 7.39. The molecular weight excluding hydrogens is 651 g/mol. The monoisotopic (exact) mass is 687 g/mol. The highest BCUT2D eigenvalue weighted by atomic mass is 32.2. The molecule has 1 amide bonds. The molecule has 5 rings (SSSR count). The molecule has 48 heavy (non-hydrogen) atoms. The Kier molecular flexibility index (Phi) is 10.9. The molecule has 1 N–H and O–H groups in total. The van der Waals surface area contributed by atoms with Gasteiger partial charge in [-0.05, 0) is 74.2 Å². The van der Waals surface area contributed by atoms with Crippen molar-refractivity contribution in [3.8, 4) is 0 Å². The number of carbonyl (C=O) groups excluding carboxylic acids is 3.